The lowest BCUT2D eigenvalue weighted by molar-refractivity contribution is -0.149. The number of carbonyl (C=O) groups is 2. The summed E-state index contributed by atoms with van der Waals surface area (Å²) >= 11 is 0. The Hall–Kier alpha value is -1.98. The Morgan fingerprint density at radius 1 is 1.50 bits per heavy atom. The van der Waals surface area contributed by atoms with Crippen molar-refractivity contribution in [2.45, 2.75) is 19.0 Å². The number of aryl methyl sites for hydroxylation is 1. The monoisotopic (exact) mass is 252 g/mol. The summed E-state index contributed by atoms with van der Waals surface area (Å²) in [6, 6.07) is 3.28. The van der Waals surface area contributed by atoms with Crippen molar-refractivity contribution < 1.29 is 19.1 Å². The van der Waals surface area contributed by atoms with Crippen LogP contribution in [0.3, 0.4) is 0 Å². The van der Waals surface area contributed by atoms with Gasteiger partial charge in [0.15, 0.2) is 0 Å². The number of rotatable bonds is 2. The van der Waals surface area contributed by atoms with Gasteiger partial charge in [-0.25, -0.2) is 9.18 Å². The molecular formula is C12H13FN2O3. The van der Waals surface area contributed by atoms with E-state index in [1.165, 1.54) is 11.1 Å². The van der Waals surface area contributed by atoms with Crippen molar-refractivity contribution in [2.75, 3.05) is 13.1 Å². The average molecular weight is 252 g/mol. The highest BCUT2D eigenvalue weighted by molar-refractivity contribution is 5.95. The molecule has 1 atom stereocenters. The molecule has 0 bridgehead atoms. The Balaban J connectivity index is 2.12. The molecule has 6 heteroatoms. The number of aliphatic carboxylic acids is 1. The highest BCUT2D eigenvalue weighted by atomic mass is 19.1. The number of carboxylic acid groups (broad SMARTS) is 1. The summed E-state index contributed by atoms with van der Waals surface area (Å²) in [5, 5.41) is 8.75. The number of carboxylic acids is 1. The van der Waals surface area contributed by atoms with Gasteiger partial charge in [0.25, 0.3) is 5.91 Å². The van der Waals surface area contributed by atoms with E-state index in [9.17, 15) is 14.0 Å². The van der Waals surface area contributed by atoms with Crippen molar-refractivity contribution in [3.8, 4) is 0 Å². The van der Waals surface area contributed by atoms with Crippen molar-refractivity contribution >= 4 is 11.9 Å². The van der Waals surface area contributed by atoms with Crippen LogP contribution in [0.2, 0.25) is 0 Å². The van der Waals surface area contributed by atoms with Crippen molar-refractivity contribution in [3.05, 3.63) is 29.6 Å². The van der Waals surface area contributed by atoms with Gasteiger partial charge < -0.3 is 10.0 Å². The van der Waals surface area contributed by atoms with Crippen LogP contribution < -0.4 is 0 Å². The predicted molar refractivity (Wildman–Crippen MR) is 61.0 cm³/mol. The number of amides is 1. The van der Waals surface area contributed by atoms with Crippen molar-refractivity contribution in [2.24, 2.45) is 0 Å². The number of halogens is 1. The molecule has 1 saturated heterocycles. The van der Waals surface area contributed by atoms with Crippen molar-refractivity contribution in [1.82, 2.24) is 9.88 Å². The molecule has 18 heavy (non-hydrogen) atoms. The van der Waals surface area contributed by atoms with E-state index >= 15 is 0 Å². The van der Waals surface area contributed by atoms with E-state index in [0.717, 1.165) is 5.69 Å². The van der Waals surface area contributed by atoms with Gasteiger partial charge in [-0.15, -0.1) is 0 Å². The molecule has 1 unspecified atom stereocenters. The van der Waals surface area contributed by atoms with Gasteiger partial charge in [0.1, 0.15) is 0 Å². The van der Waals surface area contributed by atoms with Crippen LogP contribution in [0.1, 0.15) is 22.5 Å². The lowest BCUT2D eigenvalue weighted by Crippen LogP contribution is -2.38. The molecule has 96 valence electrons. The molecule has 1 aliphatic rings. The van der Waals surface area contributed by atoms with Gasteiger partial charge in [-0.3, -0.25) is 9.78 Å². The Bertz CT molecular complexity index is 489. The Labute approximate surface area is 103 Å². The van der Waals surface area contributed by atoms with E-state index in [4.69, 9.17) is 5.11 Å². The molecule has 2 rings (SSSR count). The zero-order valence-electron chi connectivity index (χ0n) is 9.89. The standard InChI is InChI=1S/C12H13FN2O3/c1-8-2-3-9(6-14-8)10(16)15-5-4-12(13,7-15)11(17)18/h2-3,6H,4-5,7H2,1H3,(H,17,18). The predicted octanol–water partition coefficient (Wildman–Crippen LogP) is 1.03. The molecule has 1 N–H and O–H groups in total. The molecule has 0 aliphatic carbocycles. The second kappa shape index (κ2) is 4.36. The zero-order chi connectivity index (χ0) is 13.3. The van der Waals surface area contributed by atoms with Crippen LogP contribution in [0, 0.1) is 6.92 Å². The maximum atomic E-state index is 13.8. The van der Waals surface area contributed by atoms with E-state index in [2.05, 4.69) is 4.98 Å². The molecule has 0 radical (unpaired) electrons. The summed E-state index contributed by atoms with van der Waals surface area (Å²) in [6.07, 6.45) is 1.24. The van der Waals surface area contributed by atoms with E-state index in [1.807, 2.05) is 0 Å². The Kier molecular flexibility index (Phi) is 3.02. The summed E-state index contributed by atoms with van der Waals surface area (Å²) in [4.78, 5) is 27.9. The fraction of sp³-hybridized carbons (Fsp3) is 0.417. The molecule has 0 saturated carbocycles. The highest BCUT2D eigenvalue weighted by Crippen LogP contribution is 2.27. The SMILES string of the molecule is Cc1ccc(C(=O)N2CCC(F)(C(=O)O)C2)cn1. The summed E-state index contributed by atoms with van der Waals surface area (Å²) in [5.74, 6) is -1.90. The topological polar surface area (TPSA) is 70.5 Å². The number of hydrogen-bond acceptors (Lipinski definition) is 3. The molecule has 1 amide bonds. The van der Waals surface area contributed by atoms with Crippen LogP contribution in [0.15, 0.2) is 18.3 Å². The molecule has 5 nitrogen and oxygen atoms in total. The van der Waals surface area contributed by atoms with E-state index in [-0.39, 0.29) is 18.9 Å². The number of likely N-dealkylation sites (tertiary alicyclic amines) is 1. The zero-order valence-corrected chi connectivity index (χ0v) is 9.89. The highest BCUT2D eigenvalue weighted by Gasteiger charge is 2.46. The van der Waals surface area contributed by atoms with Crippen LogP contribution in [-0.4, -0.2) is 45.6 Å². The third-order valence-corrected chi connectivity index (χ3v) is 3.05. The van der Waals surface area contributed by atoms with Crippen LogP contribution >= 0.6 is 0 Å². The normalized spacial score (nSPS) is 23.1. The minimum absolute atomic E-state index is 0.107. The van der Waals surface area contributed by atoms with Crippen LogP contribution in [0.5, 0.6) is 0 Å². The quantitative estimate of drug-likeness (QED) is 0.853. The molecule has 1 aromatic heterocycles. The minimum Gasteiger partial charge on any atom is -0.479 e. The molecule has 1 fully saturated rings. The van der Waals surface area contributed by atoms with Crippen LogP contribution in [0.25, 0.3) is 0 Å². The summed E-state index contributed by atoms with van der Waals surface area (Å²) in [7, 11) is 0. The first-order valence-electron chi connectivity index (χ1n) is 5.57. The van der Waals surface area contributed by atoms with Gasteiger partial charge in [0.05, 0.1) is 12.1 Å². The van der Waals surface area contributed by atoms with Crippen LogP contribution in [-0.2, 0) is 4.79 Å². The summed E-state index contributed by atoms with van der Waals surface area (Å²) in [5.41, 5.74) is -1.21. The number of pyridine rings is 1. The van der Waals surface area contributed by atoms with Gasteiger partial charge in [-0.05, 0) is 19.1 Å². The Morgan fingerprint density at radius 2 is 2.22 bits per heavy atom. The fourth-order valence-corrected chi connectivity index (χ4v) is 1.90. The number of alkyl halides is 1. The number of hydrogen-bond donors (Lipinski definition) is 1. The second-order valence-electron chi connectivity index (χ2n) is 4.44. The molecule has 0 aromatic carbocycles. The van der Waals surface area contributed by atoms with Gasteiger partial charge in [0, 0.05) is 24.9 Å². The third kappa shape index (κ3) is 2.18. The van der Waals surface area contributed by atoms with Gasteiger partial charge >= 0.3 is 5.97 Å². The van der Waals surface area contributed by atoms with Gasteiger partial charge in [-0.1, -0.05) is 0 Å². The number of nitrogens with zero attached hydrogens (tertiary/aromatic N) is 2. The van der Waals surface area contributed by atoms with E-state index < -0.39 is 18.2 Å². The summed E-state index contributed by atoms with van der Waals surface area (Å²) < 4.78 is 13.8. The maximum absolute atomic E-state index is 13.8. The minimum atomic E-state index is -2.33. The molecule has 1 aromatic rings. The largest absolute Gasteiger partial charge is 0.479 e. The van der Waals surface area contributed by atoms with E-state index in [1.54, 1.807) is 19.1 Å². The number of aromatic nitrogens is 1. The van der Waals surface area contributed by atoms with Crippen LogP contribution in [0.4, 0.5) is 4.39 Å². The lowest BCUT2D eigenvalue weighted by atomic mass is 10.1. The molecule has 1 aliphatic heterocycles. The molecular weight excluding hydrogens is 239 g/mol. The Morgan fingerprint density at radius 3 is 2.72 bits per heavy atom. The average Bonchev–Trinajstić information content (AvgIpc) is 2.73. The first-order valence-corrected chi connectivity index (χ1v) is 5.57. The first kappa shape index (κ1) is 12.5. The molecule has 2 heterocycles. The first-order chi connectivity index (χ1) is 8.42. The van der Waals surface area contributed by atoms with Crippen molar-refractivity contribution in [1.29, 1.82) is 0 Å². The fourth-order valence-electron chi connectivity index (χ4n) is 1.90. The second-order valence-corrected chi connectivity index (χ2v) is 4.44. The van der Waals surface area contributed by atoms with Gasteiger partial charge in [-0.2, -0.15) is 0 Å². The smallest absolute Gasteiger partial charge is 0.343 e. The number of carbonyl (C=O) groups excluding carboxylic acids is 1. The lowest BCUT2D eigenvalue weighted by Gasteiger charge is -2.17. The maximum Gasteiger partial charge on any atom is 0.343 e. The van der Waals surface area contributed by atoms with Crippen molar-refractivity contribution in [3.63, 3.8) is 0 Å². The third-order valence-electron chi connectivity index (χ3n) is 3.05. The summed E-state index contributed by atoms with van der Waals surface area (Å²) in [6.45, 7) is 1.49. The van der Waals surface area contributed by atoms with Gasteiger partial charge in [0.2, 0.25) is 5.67 Å². The van der Waals surface area contributed by atoms with E-state index in [0.29, 0.717) is 5.56 Å². The molecule has 0 spiro atoms.